The third-order valence-corrected chi connectivity index (χ3v) is 4.14. The number of nitrogens with two attached hydrogens (primary N) is 1. The van der Waals surface area contributed by atoms with Gasteiger partial charge in [-0.1, -0.05) is 30.3 Å². The fourth-order valence-corrected chi connectivity index (χ4v) is 3.20. The second-order valence-electron chi connectivity index (χ2n) is 5.46. The van der Waals surface area contributed by atoms with Gasteiger partial charge in [-0.15, -0.1) is 0 Å². The predicted molar refractivity (Wildman–Crippen MR) is 74.9 cm³/mol. The van der Waals surface area contributed by atoms with E-state index in [2.05, 4.69) is 15.0 Å². The van der Waals surface area contributed by atoms with Crippen molar-refractivity contribution in [1.29, 1.82) is 0 Å². The third kappa shape index (κ3) is 1.94. The molecule has 3 unspecified atom stereocenters. The number of fused-ring (bicyclic) bond motifs is 2. The van der Waals surface area contributed by atoms with Crippen LogP contribution in [0.25, 0.3) is 11.4 Å². The molecule has 5 nitrogen and oxygen atoms in total. The lowest BCUT2D eigenvalue weighted by Crippen LogP contribution is -2.18. The summed E-state index contributed by atoms with van der Waals surface area (Å²) in [5.41, 5.74) is 6.82. The molecule has 2 aliphatic heterocycles. The first kappa shape index (κ1) is 11.8. The van der Waals surface area contributed by atoms with Crippen LogP contribution in [0.2, 0.25) is 0 Å². The van der Waals surface area contributed by atoms with Crippen LogP contribution < -0.4 is 5.73 Å². The molecule has 0 radical (unpaired) electrons. The Hall–Kier alpha value is -2.01. The molecule has 3 atom stereocenters. The van der Waals surface area contributed by atoms with E-state index in [9.17, 15) is 0 Å². The number of aromatic nitrogens is 3. The highest BCUT2D eigenvalue weighted by Gasteiger charge is 2.43. The minimum Gasteiger partial charge on any atom is -0.374 e. The summed E-state index contributed by atoms with van der Waals surface area (Å²) in [7, 11) is 0. The Labute approximate surface area is 117 Å². The normalized spacial score (nSPS) is 27.9. The number of hydrogen-bond acceptors (Lipinski definition) is 5. The number of anilines is 1. The van der Waals surface area contributed by atoms with Crippen molar-refractivity contribution in [2.45, 2.75) is 37.4 Å². The summed E-state index contributed by atoms with van der Waals surface area (Å²) in [4.78, 5) is 13.2. The van der Waals surface area contributed by atoms with Crippen molar-refractivity contribution in [2.24, 2.45) is 0 Å². The van der Waals surface area contributed by atoms with Gasteiger partial charge in [-0.25, -0.2) is 4.98 Å². The van der Waals surface area contributed by atoms with Gasteiger partial charge in [0.2, 0.25) is 5.95 Å². The predicted octanol–water partition coefficient (Wildman–Crippen LogP) is 2.16. The van der Waals surface area contributed by atoms with E-state index in [1.807, 2.05) is 30.3 Å². The van der Waals surface area contributed by atoms with Crippen LogP contribution in [0.3, 0.4) is 0 Å². The lowest BCUT2D eigenvalue weighted by atomic mass is 9.88. The Morgan fingerprint density at radius 2 is 1.90 bits per heavy atom. The molecule has 1 aromatic carbocycles. The Morgan fingerprint density at radius 3 is 2.60 bits per heavy atom. The second-order valence-corrected chi connectivity index (χ2v) is 5.46. The van der Waals surface area contributed by atoms with Crippen LogP contribution in [0.4, 0.5) is 5.95 Å². The van der Waals surface area contributed by atoms with Crippen molar-refractivity contribution in [3.63, 3.8) is 0 Å². The number of nitrogens with zero attached hydrogens (tertiary/aromatic N) is 3. The quantitative estimate of drug-likeness (QED) is 0.903. The topological polar surface area (TPSA) is 73.9 Å². The molecule has 2 saturated heterocycles. The molecule has 0 aliphatic carbocycles. The van der Waals surface area contributed by atoms with Crippen molar-refractivity contribution in [2.75, 3.05) is 5.73 Å². The van der Waals surface area contributed by atoms with E-state index in [1.165, 1.54) is 0 Å². The van der Waals surface area contributed by atoms with Crippen molar-refractivity contribution in [3.8, 4) is 11.4 Å². The van der Waals surface area contributed by atoms with Crippen LogP contribution in [0.15, 0.2) is 30.3 Å². The first-order valence-corrected chi connectivity index (χ1v) is 7.02. The Bertz CT molecular complexity index is 631. The van der Waals surface area contributed by atoms with Crippen LogP contribution in [-0.4, -0.2) is 27.2 Å². The molecule has 2 N–H and O–H groups in total. The summed E-state index contributed by atoms with van der Waals surface area (Å²) in [6.07, 6.45) is 3.89. The highest BCUT2D eigenvalue weighted by molar-refractivity contribution is 5.55. The van der Waals surface area contributed by atoms with Crippen molar-refractivity contribution in [3.05, 3.63) is 36.2 Å². The van der Waals surface area contributed by atoms with E-state index in [0.29, 0.717) is 11.9 Å². The van der Waals surface area contributed by atoms with Crippen molar-refractivity contribution >= 4 is 5.95 Å². The maximum Gasteiger partial charge on any atom is 0.223 e. The van der Waals surface area contributed by atoms with Gasteiger partial charge in [-0.2, -0.15) is 9.97 Å². The zero-order chi connectivity index (χ0) is 13.5. The summed E-state index contributed by atoms with van der Waals surface area (Å²) in [5, 5.41) is 0. The van der Waals surface area contributed by atoms with Gasteiger partial charge in [0.25, 0.3) is 0 Å². The molecule has 102 valence electrons. The number of rotatable bonds is 2. The zero-order valence-electron chi connectivity index (χ0n) is 11.1. The fraction of sp³-hybridized carbons (Fsp3) is 0.400. The lowest BCUT2D eigenvalue weighted by Gasteiger charge is -2.17. The van der Waals surface area contributed by atoms with E-state index >= 15 is 0 Å². The van der Waals surface area contributed by atoms with E-state index in [0.717, 1.165) is 30.7 Å². The molecule has 2 aliphatic rings. The fourth-order valence-electron chi connectivity index (χ4n) is 3.20. The molecule has 0 amide bonds. The zero-order valence-corrected chi connectivity index (χ0v) is 11.1. The summed E-state index contributed by atoms with van der Waals surface area (Å²) in [5.74, 6) is 1.98. The van der Waals surface area contributed by atoms with Crippen LogP contribution in [0.1, 0.15) is 31.0 Å². The molecule has 2 aromatic rings. The average molecular weight is 268 g/mol. The van der Waals surface area contributed by atoms with Gasteiger partial charge in [0.05, 0.1) is 12.2 Å². The second kappa shape index (κ2) is 4.52. The highest BCUT2D eigenvalue weighted by atomic mass is 16.5. The minimum atomic E-state index is 0.255. The summed E-state index contributed by atoms with van der Waals surface area (Å²) < 4.78 is 5.88. The molecule has 0 spiro atoms. The van der Waals surface area contributed by atoms with Gasteiger partial charge in [0.1, 0.15) is 5.82 Å². The highest BCUT2D eigenvalue weighted by Crippen LogP contribution is 2.43. The third-order valence-electron chi connectivity index (χ3n) is 4.14. The van der Waals surface area contributed by atoms with E-state index in [1.54, 1.807) is 0 Å². The summed E-state index contributed by atoms with van der Waals surface area (Å²) in [6.45, 7) is 0. The molecule has 1 aromatic heterocycles. The lowest BCUT2D eigenvalue weighted by molar-refractivity contribution is 0.0999. The van der Waals surface area contributed by atoms with Gasteiger partial charge in [-0.3, -0.25) is 0 Å². The van der Waals surface area contributed by atoms with Gasteiger partial charge in [0, 0.05) is 11.5 Å². The maximum atomic E-state index is 5.88. The molecule has 0 saturated carbocycles. The van der Waals surface area contributed by atoms with Crippen molar-refractivity contribution < 1.29 is 4.74 Å². The summed E-state index contributed by atoms with van der Waals surface area (Å²) >= 11 is 0. The molecule has 2 bridgehead atoms. The minimum absolute atomic E-state index is 0.255. The monoisotopic (exact) mass is 268 g/mol. The number of ether oxygens (including phenoxy) is 1. The Morgan fingerprint density at radius 1 is 1.05 bits per heavy atom. The van der Waals surface area contributed by atoms with Crippen LogP contribution in [-0.2, 0) is 4.74 Å². The number of hydrogen-bond donors (Lipinski definition) is 1. The SMILES string of the molecule is Nc1nc(-c2ccccc2)nc(C2CC3CCC2O3)n1. The maximum absolute atomic E-state index is 5.88. The molecule has 5 heteroatoms. The largest absolute Gasteiger partial charge is 0.374 e. The van der Waals surface area contributed by atoms with E-state index in [-0.39, 0.29) is 18.0 Å². The van der Waals surface area contributed by atoms with Gasteiger partial charge < -0.3 is 10.5 Å². The molecular weight excluding hydrogens is 252 g/mol. The first-order chi connectivity index (χ1) is 9.79. The Balaban J connectivity index is 1.73. The van der Waals surface area contributed by atoms with Gasteiger partial charge in [0.15, 0.2) is 5.82 Å². The summed E-state index contributed by atoms with van der Waals surface area (Å²) in [6, 6.07) is 9.87. The average Bonchev–Trinajstić information content (AvgIpc) is 3.10. The van der Waals surface area contributed by atoms with Gasteiger partial charge in [-0.05, 0) is 19.3 Å². The molecule has 2 fully saturated rings. The van der Waals surface area contributed by atoms with Gasteiger partial charge >= 0.3 is 0 Å². The molecule has 4 rings (SSSR count). The molecular formula is C15H16N4O. The standard InChI is InChI=1S/C15H16N4O/c16-15-18-13(9-4-2-1-3-5-9)17-14(19-15)11-8-10-6-7-12(11)20-10/h1-5,10-12H,6-8H2,(H2,16,17,18,19). The van der Waals surface area contributed by atoms with E-state index < -0.39 is 0 Å². The van der Waals surface area contributed by atoms with Crippen LogP contribution in [0, 0.1) is 0 Å². The van der Waals surface area contributed by atoms with E-state index in [4.69, 9.17) is 10.5 Å². The Kier molecular flexibility index (Phi) is 2.67. The van der Waals surface area contributed by atoms with Crippen LogP contribution in [0.5, 0.6) is 0 Å². The number of nitrogen functional groups attached to an aromatic ring is 1. The molecule has 3 heterocycles. The van der Waals surface area contributed by atoms with Crippen LogP contribution >= 0.6 is 0 Å². The smallest absolute Gasteiger partial charge is 0.223 e. The molecule has 20 heavy (non-hydrogen) atoms. The van der Waals surface area contributed by atoms with Crippen molar-refractivity contribution in [1.82, 2.24) is 15.0 Å². The number of benzene rings is 1. The first-order valence-electron chi connectivity index (χ1n) is 7.02.